The van der Waals surface area contributed by atoms with Gasteiger partial charge in [0.15, 0.2) is 0 Å². The lowest BCUT2D eigenvalue weighted by molar-refractivity contribution is 0.0698. The number of aryl methyl sites for hydroxylation is 3. The highest BCUT2D eigenvalue weighted by atomic mass is 32.1. The van der Waals surface area contributed by atoms with Crippen LogP contribution in [0.4, 0.5) is 9.59 Å². The van der Waals surface area contributed by atoms with Crippen LogP contribution >= 0.6 is 22.7 Å². The number of alkyl carbamates (subject to hydrolysis) is 2. The van der Waals surface area contributed by atoms with Crippen molar-refractivity contribution in [3.05, 3.63) is 104 Å². The van der Waals surface area contributed by atoms with Crippen molar-refractivity contribution in [2.75, 3.05) is 0 Å². The number of amides is 2. The molecule has 0 aliphatic carbocycles. The number of thiazole rings is 2. The fraction of sp³-hybridized carbons (Fsp3) is 0.333. The molecule has 0 fully saturated rings. The number of aliphatic hydroxyl groups is 1. The first-order valence-corrected chi connectivity index (χ1v) is 14.9. The summed E-state index contributed by atoms with van der Waals surface area (Å²) in [6.45, 7) is 3.81. The van der Waals surface area contributed by atoms with E-state index in [-0.39, 0.29) is 26.1 Å². The van der Waals surface area contributed by atoms with E-state index in [0.29, 0.717) is 12.8 Å². The summed E-state index contributed by atoms with van der Waals surface area (Å²) in [5.41, 5.74) is 0.526. The lowest BCUT2D eigenvalue weighted by Crippen LogP contribution is -2.63. The minimum absolute atomic E-state index is 0.0261. The summed E-state index contributed by atoms with van der Waals surface area (Å²) in [6, 6.07) is 19.3. The molecule has 0 saturated carbocycles. The number of benzene rings is 2. The zero-order valence-corrected chi connectivity index (χ0v) is 24.7. The molecule has 0 bridgehead atoms. The molecule has 2 aromatic carbocycles. The number of nitrogens with zero attached hydrogens (tertiary/aromatic N) is 2. The van der Waals surface area contributed by atoms with Crippen LogP contribution in [-0.4, -0.2) is 39.0 Å². The molecule has 41 heavy (non-hydrogen) atoms. The Morgan fingerprint density at radius 2 is 1.32 bits per heavy atom. The number of aromatic nitrogens is 2. The summed E-state index contributed by atoms with van der Waals surface area (Å²) >= 11 is 2.86. The van der Waals surface area contributed by atoms with Gasteiger partial charge in [0.25, 0.3) is 0 Å². The van der Waals surface area contributed by atoms with Gasteiger partial charge >= 0.3 is 12.2 Å². The molecule has 11 heteroatoms. The third-order valence-corrected chi connectivity index (χ3v) is 8.03. The minimum atomic E-state index is -1.40. The molecule has 2 heterocycles. The van der Waals surface area contributed by atoms with Gasteiger partial charge in [-0.3, -0.25) is 10.6 Å². The molecule has 0 saturated heterocycles. The third-order valence-electron chi connectivity index (χ3n) is 6.25. The average Bonchev–Trinajstić information content (AvgIpc) is 3.58. The van der Waals surface area contributed by atoms with Gasteiger partial charge in [-0.05, 0) is 37.8 Å². The SMILES string of the molecule is Cc1ncc(COC(=O)NC(Cc2ccccc2)(CC(O)CCc2ccccc2)NC(=O)OCc2cnc(C)s2)s1. The molecule has 4 rings (SSSR count). The Labute approximate surface area is 247 Å². The molecule has 9 nitrogen and oxygen atoms in total. The van der Waals surface area contributed by atoms with E-state index >= 15 is 0 Å². The summed E-state index contributed by atoms with van der Waals surface area (Å²) in [4.78, 5) is 36.2. The molecule has 216 valence electrons. The van der Waals surface area contributed by atoms with Crippen molar-refractivity contribution in [3.63, 3.8) is 0 Å². The highest BCUT2D eigenvalue weighted by molar-refractivity contribution is 7.11. The highest BCUT2D eigenvalue weighted by Crippen LogP contribution is 2.22. The van der Waals surface area contributed by atoms with Crippen LogP contribution < -0.4 is 10.6 Å². The number of hydrogen-bond acceptors (Lipinski definition) is 9. The van der Waals surface area contributed by atoms with Gasteiger partial charge in [0, 0.05) is 25.2 Å². The number of carbonyl (C=O) groups excluding carboxylic acids is 2. The van der Waals surface area contributed by atoms with Gasteiger partial charge in [-0.15, -0.1) is 22.7 Å². The van der Waals surface area contributed by atoms with Gasteiger partial charge in [-0.1, -0.05) is 60.7 Å². The lowest BCUT2D eigenvalue weighted by atomic mass is 9.91. The van der Waals surface area contributed by atoms with Gasteiger partial charge in [0.1, 0.15) is 18.9 Å². The third kappa shape index (κ3) is 9.96. The molecule has 0 radical (unpaired) electrons. The lowest BCUT2D eigenvalue weighted by Gasteiger charge is -2.36. The number of carbonyl (C=O) groups is 2. The van der Waals surface area contributed by atoms with E-state index in [1.807, 2.05) is 74.5 Å². The Hall–Kier alpha value is -3.80. The summed E-state index contributed by atoms with van der Waals surface area (Å²) in [6.07, 6.45) is 2.28. The maximum Gasteiger partial charge on any atom is 0.409 e. The Balaban J connectivity index is 1.53. The zero-order chi connectivity index (χ0) is 29.1. The second kappa shape index (κ2) is 14.7. The highest BCUT2D eigenvalue weighted by Gasteiger charge is 2.37. The predicted octanol–water partition coefficient (Wildman–Crippen LogP) is 5.69. The molecule has 1 atom stereocenters. The van der Waals surface area contributed by atoms with Crippen molar-refractivity contribution in [1.82, 2.24) is 20.6 Å². The standard InChI is InChI=1S/C30H34N4O5S2/c1-21-31-17-26(40-21)19-38-28(36)33-30(15-24-11-7-4-8-12-24,16-25(35)14-13-23-9-5-3-6-10-23)34-29(37)39-20-27-18-32-22(2)41-27/h3-12,17-18,25,35H,13-16,19-20H2,1-2H3,(H,33,36)(H,34,37). The van der Waals surface area contributed by atoms with E-state index in [9.17, 15) is 14.7 Å². The van der Waals surface area contributed by atoms with Crippen molar-refractivity contribution in [2.45, 2.75) is 64.5 Å². The number of hydrogen-bond donors (Lipinski definition) is 3. The fourth-order valence-electron chi connectivity index (χ4n) is 4.40. The number of aliphatic hydroxyl groups excluding tert-OH is 1. The van der Waals surface area contributed by atoms with E-state index in [1.165, 1.54) is 22.7 Å². The Morgan fingerprint density at radius 1 is 0.829 bits per heavy atom. The maximum atomic E-state index is 13.1. The summed E-state index contributed by atoms with van der Waals surface area (Å²) in [5, 5.41) is 18.6. The summed E-state index contributed by atoms with van der Waals surface area (Å²) < 4.78 is 11.0. The quantitative estimate of drug-likeness (QED) is 0.170. The topological polar surface area (TPSA) is 123 Å². The van der Waals surface area contributed by atoms with Crippen LogP contribution in [0.5, 0.6) is 0 Å². The minimum Gasteiger partial charge on any atom is -0.444 e. The first-order valence-electron chi connectivity index (χ1n) is 13.3. The van der Waals surface area contributed by atoms with Crippen molar-refractivity contribution >= 4 is 34.9 Å². The molecule has 3 N–H and O–H groups in total. The van der Waals surface area contributed by atoms with E-state index in [1.54, 1.807) is 12.4 Å². The molecule has 2 amide bonds. The van der Waals surface area contributed by atoms with E-state index in [2.05, 4.69) is 20.6 Å². The van der Waals surface area contributed by atoms with Crippen LogP contribution in [0, 0.1) is 13.8 Å². The molecule has 0 aliphatic rings. The largest absolute Gasteiger partial charge is 0.444 e. The van der Waals surface area contributed by atoms with Crippen molar-refractivity contribution < 1.29 is 24.2 Å². The van der Waals surface area contributed by atoms with Gasteiger partial charge in [-0.25, -0.2) is 19.6 Å². The van der Waals surface area contributed by atoms with Crippen LogP contribution in [0.2, 0.25) is 0 Å². The molecule has 2 aromatic heterocycles. The second-order valence-electron chi connectivity index (χ2n) is 9.72. The zero-order valence-electron chi connectivity index (χ0n) is 23.0. The van der Waals surface area contributed by atoms with E-state index < -0.39 is 24.0 Å². The molecular weight excluding hydrogens is 560 g/mol. The molecule has 4 aromatic rings. The number of nitrogens with one attached hydrogen (secondary N) is 2. The Kier molecular flexibility index (Phi) is 10.8. The second-order valence-corrected chi connectivity index (χ2v) is 12.4. The van der Waals surface area contributed by atoms with Crippen molar-refractivity contribution in [3.8, 4) is 0 Å². The Bertz CT molecular complexity index is 1340. The molecular formula is C30H34N4O5S2. The van der Waals surface area contributed by atoms with E-state index in [0.717, 1.165) is 30.9 Å². The monoisotopic (exact) mass is 594 g/mol. The van der Waals surface area contributed by atoms with E-state index in [4.69, 9.17) is 9.47 Å². The molecule has 0 aliphatic heterocycles. The van der Waals surface area contributed by atoms with Crippen molar-refractivity contribution in [1.29, 1.82) is 0 Å². The first kappa shape index (κ1) is 30.2. The predicted molar refractivity (Wildman–Crippen MR) is 159 cm³/mol. The van der Waals surface area contributed by atoms with Crippen LogP contribution in [0.1, 0.15) is 43.7 Å². The normalized spacial score (nSPS) is 12.0. The smallest absolute Gasteiger partial charge is 0.409 e. The van der Waals surface area contributed by atoms with Crippen LogP contribution in [0.25, 0.3) is 0 Å². The van der Waals surface area contributed by atoms with Gasteiger partial charge in [-0.2, -0.15) is 0 Å². The Morgan fingerprint density at radius 3 is 1.78 bits per heavy atom. The molecule has 1 unspecified atom stereocenters. The van der Waals surface area contributed by atoms with Crippen LogP contribution in [0.15, 0.2) is 73.1 Å². The summed E-state index contributed by atoms with van der Waals surface area (Å²) in [5.74, 6) is 0. The van der Waals surface area contributed by atoms with Crippen LogP contribution in [0.3, 0.4) is 0 Å². The maximum absolute atomic E-state index is 13.1. The summed E-state index contributed by atoms with van der Waals surface area (Å²) in [7, 11) is 0. The first-order chi connectivity index (χ1) is 19.8. The fourth-order valence-corrected chi connectivity index (χ4v) is 5.82. The van der Waals surface area contributed by atoms with Gasteiger partial charge in [0.2, 0.25) is 0 Å². The van der Waals surface area contributed by atoms with Crippen LogP contribution in [-0.2, 0) is 35.5 Å². The van der Waals surface area contributed by atoms with Crippen molar-refractivity contribution in [2.24, 2.45) is 0 Å². The van der Waals surface area contributed by atoms with Gasteiger partial charge < -0.3 is 14.6 Å². The van der Waals surface area contributed by atoms with Gasteiger partial charge in [0.05, 0.1) is 25.9 Å². The number of ether oxygens (including phenoxy) is 2. The average molecular weight is 595 g/mol. The molecule has 0 spiro atoms. The number of rotatable bonds is 13.